The Morgan fingerprint density at radius 1 is 1.33 bits per heavy atom. The number of nitrogens with one attached hydrogen (secondary N) is 1. The van der Waals surface area contributed by atoms with Gasteiger partial charge < -0.3 is 10.1 Å². The molecule has 0 aliphatic heterocycles. The molecule has 1 N–H and O–H groups in total. The first-order valence-corrected chi connectivity index (χ1v) is 6.90. The van der Waals surface area contributed by atoms with Gasteiger partial charge in [0.05, 0.1) is 12.7 Å². The Labute approximate surface area is 112 Å². The Morgan fingerprint density at radius 2 is 2.11 bits per heavy atom. The fourth-order valence-electron chi connectivity index (χ4n) is 2.24. The summed E-state index contributed by atoms with van der Waals surface area (Å²) in [6.07, 6.45) is 5.45. The van der Waals surface area contributed by atoms with E-state index in [-0.39, 0.29) is 5.82 Å². The van der Waals surface area contributed by atoms with E-state index in [0.717, 1.165) is 18.7 Å². The zero-order valence-electron chi connectivity index (χ0n) is 10.4. The van der Waals surface area contributed by atoms with Crippen LogP contribution in [0.2, 0.25) is 5.02 Å². The van der Waals surface area contributed by atoms with Crippen molar-refractivity contribution in [3.8, 4) is 0 Å². The van der Waals surface area contributed by atoms with E-state index in [2.05, 4.69) is 5.32 Å². The highest BCUT2D eigenvalue weighted by molar-refractivity contribution is 6.31. The maximum atomic E-state index is 12.8. The van der Waals surface area contributed by atoms with Crippen LogP contribution in [0.3, 0.4) is 0 Å². The van der Waals surface area contributed by atoms with Gasteiger partial charge in [0, 0.05) is 18.1 Å². The Kier molecular flexibility index (Phi) is 5.42. The van der Waals surface area contributed by atoms with Crippen molar-refractivity contribution < 1.29 is 9.13 Å². The normalized spacial score (nSPS) is 16.3. The lowest BCUT2D eigenvalue weighted by atomic mass is 10.2. The predicted octanol–water partition coefficient (Wildman–Crippen LogP) is 3.53. The SMILES string of the molecule is Fc1ccc(CNCCOC2CCCC2)c(Cl)c1. The zero-order valence-corrected chi connectivity index (χ0v) is 11.2. The lowest BCUT2D eigenvalue weighted by Gasteiger charge is -2.11. The molecular weight excluding hydrogens is 253 g/mol. The molecule has 0 radical (unpaired) electrons. The summed E-state index contributed by atoms with van der Waals surface area (Å²) < 4.78 is 18.6. The molecule has 4 heteroatoms. The molecule has 2 rings (SSSR count). The van der Waals surface area contributed by atoms with E-state index in [0.29, 0.717) is 17.7 Å². The summed E-state index contributed by atoms with van der Waals surface area (Å²) in [5.74, 6) is -0.298. The molecule has 0 saturated heterocycles. The first kappa shape index (κ1) is 13.8. The number of ether oxygens (including phenoxy) is 1. The van der Waals surface area contributed by atoms with Crippen LogP contribution < -0.4 is 5.32 Å². The molecule has 1 aliphatic carbocycles. The van der Waals surface area contributed by atoms with Gasteiger partial charge in [-0.15, -0.1) is 0 Å². The second-order valence-electron chi connectivity index (χ2n) is 4.69. The van der Waals surface area contributed by atoms with Crippen LogP contribution in [0, 0.1) is 5.82 Å². The number of benzene rings is 1. The van der Waals surface area contributed by atoms with E-state index < -0.39 is 0 Å². The molecular formula is C14H19ClFNO. The number of halogens is 2. The summed E-state index contributed by atoms with van der Waals surface area (Å²) in [6, 6.07) is 4.48. The molecule has 1 aromatic rings. The minimum Gasteiger partial charge on any atom is -0.377 e. The molecule has 2 nitrogen and oxygen atoms in total. The van der Waals surface area contributed by atoms with Crippen LogP contribution >= 0.6 is 11.6 Å². The van der Waals surface area contributed by atoms with Gasteiger partial charge in [0.15, 0.2) is 0 Å². The average molecular weight is 272 g/mol. The molecule has 1 aromatic carbocycles. The minimum atomic E-state index is -0.298. The Bertz CT molecular complexity index is 380. The summed E-state index contributed by atoms with van der Waals surface area (Å²) in [7, 11) is 0. The molecule has 18 heavy (non-hydrogen) atoms. The largest absolute Gasteiger partial charge is 0.377 e. The summed E-state index contributed by atoms with van der Waals surface area (Å²) in [5.41, 5.74) is 0.916. The molecule has 0 aromatic heterocycles. The van der Waals surface area contributed by atoms with E-state index in [9.17, 15) is 4.39 Å². The van der Waals surface area contributed by atoms with Gasteiger partial charge in [-0.3, -0.25) is 0 Å². The van der Waals surface area contributed by atoms with Gasteiger partial charge in [-0.05, 0) is 30.5 Å². The molecule has 1 fully saturated rings. The Morgan fingerprint density at radius 3 is 2.83 bits per heavy atom. The second-order valence-corrected chi connectivity index (χ2v) is 5.10. The highest BCUT2D eigenvalue weighted by Gasteiger charge is 2.14. The number of hydrogen-bond acceptors (Lipinski definition) is 2. The quantitative estimate of drug-likeness (QED) is 0.799. The number of hydrogen-bond donors (Lipinski definition) is 1. The molecule has 100 valence electrons. The maximum absolute atomic E-state index is 12.8. The minimum absolute atomic E-state index is 0.298. The lowest BCUT2D eigenvalue weighted by molar-refractivity contribution is 0.0603. The molecule has 0 heterocycles. The van der Waals surface area contributed by atoms with Crippen LogP contribution in [-0.4, -0.2) is 19.3 Å². The maximum Gasteiger partial charge on any atom is 0.124 e. The van der Waals surface area contributed by atoms with E-state index in [1.54, 1.807) is 6.07 Å². The van der Waals surface area contributed by atoms with Crippen LogP contribution in [0.4, 0.5) is 4.39 Å². The Hall–Kier alpha value is -0.640. The highest BCUT2D eigenvalue weighted by Crippen LogP contribution is 2.20. The molecule has 0 amide bonds. The molecule has 0 atom stereocenters. The smallest absolute Gasteiger partial charge is 0.124 e. The third-order valence-electron chi connectivity index (χ3n) is 3.27. The first-order chi connectivity index (χ1) is 8.75. The average Bonchev–Trinajstić information content (AvgIpc) is 2.84. The standard InChI is InChI=1S/C14H19ClFNO/c15-14-9-12(16)6-5-11(14)10-17-7-8-18-13-3-1-2-4-13/h5-6,9,13,17H,1-4,7-8,10H2. The van der Waals surface area contributed by atoms with Gasteiger partial charge in [0.25, 0.3) is 0 Å². The third-order valence-corrected chi connectivity index (χ3v) is 3.62. The zero-order chi connectivity index (χ0) is 12.8. The lowest BCUT2D eigenvalue weighted by Crippen LogP contribution is -2.22. The Balaban J connectivity index is 1.62. The third kappa shape index (κ3) is 4.23. The van der Waals surface area contributed by atoms with Crippen molar-refractivity contribution in [3.05, 3.63) is 34.6 Å². The van der Waals surface area contributed by atoms with Crippen LogP contribution in [0.25, 0.3) is 0 Å². The van der Waals surface area contributed by atoms with Crippen LogP contribution in [0.1, 0.15) is 31.2 Å². The van der Waals surface area contributed by atoms with Crippen LogP contribution in [-0.2, 0) is 11.3 Å². The van der Waals surface area contributed by atoms with Crippen molar-refractivity contribution in [2.24, 2.45) is 0 Å². The molecule has 0 spiro atoms. The van der Waals surface area contributed by atoms with Gasteiger partial charge in [0.2, 0.25) is 0 Å². The van der Waals surface area contributed by atoms with E-state index in [4.69, 9.17) is 16.3 Å². The van der Waals surface area contributed by atoms with Gasteiger partial charge in [0.1, 0.15) is 5.82 Å². The highest BCUT2D eigenvalue weighted by atomic mass is 35.5. The molecule has 1 saturated carbocycles. The van der Waals surface area contributed by atoms with Crippen molar-refractivity contribution in [2.75, 3.05) is 13.2 Å². The summed E-state index contributed by atoms with van der Waals surface area (Å²) in [6.45, 7) is 2.17. The van der Waals surface area contributed by atoms with Crippen LogP contribution in [0.5, 0.6) is 0 Å². The first-order valence-electron chi connectivity index (χ1n) is 6.52. The van der Waals surface area contributed by atoms with Crippen molar-refractivity contribution in [3.63, 3.8) is 0 Å². The fraction of sp³-hybridized carbons (Fsp3) is 0.571. The molecule has 0 unspecified atom stereocenters. The predicted molar refractivity (Wildman–Crippen MR) is 71.3 cm³/mol. The molecule has 0 bridgehead atoms. The van der Waals surface area contributed by atoms with Gasteiger partial charge in [-0.2, -0.15) is 0 Å². The second kappa shape index (κ2) is 7.07. The monoisotopic (exact) mass is 271 g/mol. The van der Waals surface area contributed by atoms with Crippen molar-refractivity contribution in [2.45, 2.75) is 38.3 Å². The van der Waals surface area contributed by atoms with Crippen molar-refractivity contribution >= 4 is 11.6 Å². The number of rotatable bonds is 6. The fourth-order valence-corrected chi connectivity index (χ4v) is 2.47. The summed E-state index contributed by atoms with van der Waals surface area (Å²) in [5, 5.41) is 3.73. The van der Waals surface area contributed by atoms with Crippen molar-refractivity contribution in [1.29, 1.82) is 0 Å². The van der Waals surface area contributed by atoms with E-state index in [1.165, 1.54) is 37.8 Å². The summed E-state index contributed by atoms with van der Waals surface area (Å²) >= 11 is 5.93. The topological polar surface area (TPSA) is 21.3 Å². The molecule has 1 aliphatic rings. The van der Waals surface area contributed by atoms with Crippen LogP contribution in [0.15, 0.2) is 18.2 Å². The van der Waals surface area contributed by atoms with Gasteiger partial charge >= 0.3 is 0 Å². The van der Waals surface area contributed by atoms with E-state index >= 15 is 0 Å². The van der Waals surface area contributed by atoms with E-state index in [1.807, 2.05) is 0 Å². The van der Waals surface area contributed by atoms with Gasteiger partial charge in [-0.1, -0.05) is 30.5 Å². The van der Waals surface area contributed by atoms with Gasteiger partial charge in [-0.25, -0.2) is 4.39 Å². The van der Waals surface area contributed by atoms with Crippen molar-refractivity contribution in [1.82, 2.24) is 5.32 Å². The summed E-state index contributed by atoms with van der Waals surface area (Å²) in [4.78, 5) is 0.